The average molecular weight is 465 g/mol. The van der Waals surface area contributed by atoms with E-state index in [1.165, 1.54) is 0 Å². The van der Waals surface area contributed by atoms with Crippen molar-refractivity contribution in [3.8, 4) is 11.8 Å². The van der Waals surface area contributed by atoms with Crippen molar-refractivity contribution in [2.75, 3.05) is 13.2 Å². The molecule has 4 rings (SSSR count). The number of Topliss-reactive ketones (excluding diaryl/α,β-unsaturated/α-hetero) is 1. The summed E-state index contributed by atoms with van der Waals surface area (Å²) in [6, 6.07) is 8.83. The zero-order valence-electron chi connectivity index (χ0n) is 19.6. The first-order valence-corrected chi connectivity index (χ1v) is 12.2. The summed E-state index contributed by atoms with van der Waals surface area (Å²) < 4.78 is 5.81. The molecule has 3 atom stereocenters. The van der Waals surface area contributed by atoms with Crippen molar-refractivity contribution in [2.45, 2.75) is 57.9 Å². The van der Waals surface area contributed by atoms with E-state index in [1.807, 2.05) is 25.1 Å². The third kappa shape index (κ3) is 5.77. The number of aromatic nitrogens is 1. The van der Waals surface area contributed by atoms with Crippen molar-refractivity contribution in [2.24, 2.45) is 17.8 Å². The lowest BCUT2D eigenvalue weighted by Gasteiger charge is -2.19. The minimum absolute atomic E-state index is 0.0692. The number of carbonyl (C=O) groups is 3. The van der Waals surface area contributed by atoms with Crippen LogP contribution in [0.15, 0.2) is 24.3 Å². The molecule has 3 N–H and O–H groups in total. The number of nitriles is 1. The second-order valence-corrected chi connectivity index (χ2v) is 9.45. The summed E-state index contributed by atoms with van der Waals surface area (Å²) in [5, 5.41) is 16.0. The van der Waals surface area contributed by atoms with Gasteiger partial charge in [-0.25, -0.2) is 0 Å². The van der Waals surface area contributed by atoms with E-state index in [9.17, 15) is 19.6 Å². The van der Waals surface area contributed by atoms with Crippen LogP contribution in [0.3, 0.4) is 0 Å². The topological polar surface area (TPSA) is 124 Å². The molecule has 3 unspecified atom stereocenters. The first-order chi connectivity index (χ1) is 16.5. The van der Waals surface area contributed by atoms with E-state index in [2.05, 4.69) is 21.7 Å². The standard InChI is InChI=1S/C26H32N4O4/c1-2-10-34-24-5-3-4-21-20(24)14-22(30-21)23(31)13-18(11-16-6-7-16)26(33)29-19(15-27)12-17-8-9-28-25(17)32/h3-5,14,16-19,30H,2,6-13H2,1H3,(H,28,32)(H,29,33). The van der Waals surface area contributed by atoms with Gasteiger partial charge in [0.1, 0.15) is 11.8 Å². The van der Waals surface area contributed by atoms with E-state index in [4.69, 9.17) is 4.74 Å². The summed E-state index contributed by atoms with van der Waals surface area (Å²) in [7, 11) is 0. The number of nitrogens with zero attached hydrogens (tertiary/aromatic N) is 1. The number of ketones is 1. The number of nitrogens with one attached hydrogen (secondary N) is 3. The fourth-order valence-electron chi connectivity index (χ4n) is 4.58. The molecule has 8 heteroatoms. The molecule has 0 radical (unpaired) electrons. The number of amides is 2. The second-order valence-electron chi connectivity index (χ2n) is 9.45. The van der Waals surface area contributed by atoms with E-state index in [-0.39, 0.29) is 29.9 Å². The molecule has 2 fully saturated rings. The van der Waals surface area contributed by atoms with Crippen LogP contribution in [0.2, 0.25) is 0 Å². The Morgan fingerprint density at radius 2 is 2.09 bits per heavy atom. The van der Waals surface area contributed by atoms with Crippen LogP contribution < -0.4 is 15.4 Å². The van der Waals surface area contributed by atoms with E-state index in [0.717, 1.165) is 35.9 Å². The number of aromatic amines is 1. The maximum absolute atomic E-state index is 13.2. The van der Waals surface area contributed by atoms with Gasteiger partial charge in [0.15, 0.2) is 5.78 Å². The number of hydrogen-bond donors (Lipinski definition) is 3. The van der Waals surface area contributed by atoms with Gasteiger partial charge in [-0.05, 0) is 49.8 Å². The number of rotatable bonds is 12. The molecule has 1 aromatic carbocycles. The Morgan fingerprint density at radius 3 is 2.76 bits per heavy atom. The molecule has 0 spiro atoms. The first kappa shape index (κ1) is 23.8. The molecule has 1 aliphatic heterocycles. The zero-order chi connectivity index (χ0) is 24.1. The lowest BCUT2D eigenvalue weighted by Crippen LogP contribution is -2.40. The van der Waals surface area contributed by atoms with Crippen molar-refractivity contribution in [1.29, 1.82) is 5.26 Å². The lowest BCUT2D eigenvalue weighted by molar-refractivity contribution is -0.127. The summed E-state index contributed by atoms with van der Waals surface area (Å²) >= 11 is 0. The fourth-order valence-corrected chi connectivity index (χ4v) is 4.58. The van der Waals surface area contributed by atoms with Gasteiger partial charge in [0.2, 0.25) is 11.8 Å². The molecule has 1 saturated heterocycles. The van der Waals surface area contributed by atoms with Gasteiger partial charge in [-0.15, -0.1) is 0 Å². The van der Waals surface area contributed by atoms with Gasteiger partial charge >= 0.3 is 0 Å². The number of H-pyrrole nitrogens is 1. The summed E-state index contributed by atoms with van der Waals surface area (Å²) in [5.41, 5.74) is 1.27. The van der Waals surface area contributed by atoms with Gasteiger partial charge in [0, 0.05) is 35.7 Å². The van der Waals surface area contributed by atoms with Crippen LogP contribution in [0.25, 0.3) is 10.9 Å². The minimum Gasteiger partial charge on any atom is -0.493 e. The highest BCUT2D eigenvalue weighted by Crippen LogP contribution is 2.37. The number of fused-ring (bicyclic) bond motifs is 1. The third-order valence-corrected chi connectivity index (χ3v) is 6.66. The van der Waals surface area contributed by atoms with E-state index >= 15 is 0 Å². The molecule has 2 heterocycles. The summed E-state index contributed by atoms with van der Waals surface area (Å²) in [6.07, 6.45) is 4.67. The van der Waals surface area contributed by atoms with E-state index in [0.29, 0.717) is 44.0 Å². The highest BCUT2D eigenvalue weighted by Gasteiger charge is 2.33. The highest BCUT2D eigenvalue weighted by molar-refractivity contribution is 6.02. The van der Waals surface area contributed by atoms with Crippen LogP contribution in [0.1, 0.15) is 62.4 Å². The summed E-state index contributed by atoms with van der Waals surface area (Å²) in [4.78, 5) is 41.3. The Morgan fingerprint density at radius 1 is 1.26 bits per heavy atom. The predicted molar refractivity (Wildman–Crippen MR) is 127 cm³/mol. The number of benzene rings is 1. The van der Waals surface area contributed by atoms with Crippen LogP contribution in [-0.4, -0.2) is 41.8 Å². The van der Waals surface area contributed by atoms with Crippen LogP contribution in [-0.2, 0) is 9.59 Å². The Bertz CT molecular complexity index is 1100. The third-order valence-electron chi connectivity index (χ3n) is 6.66. The number of carbonyl (C=O) groups excluding carboxylic acids is 3. The van der Waals surface area contributed by atoms with Gasteiger partial charge in [0.05, 0.1) is 18.4 Å². The molecule has 2 aromatic rings. The van der Waals surface area contributed by atoms with Gasteiger partial charge < -0.3 is 20.4 Å². The normalized spacial score (nSPS) is 19.3. The van der Waals surface area contributed by atoms with Crippen molar-refractivity contribution in [1.82, 2.24) is 15.6 Å². The van der Waals surface area contributed by atoms with Crippen LogP contribution in [0, 0.1) is 29.1 Å². The van der Waals surface area contributed by atoms with Crippen molar-refractivity contribution in [3.05, 3.63) is 30.0 Å². The fraction of sp³-hybridized carbons (Fsp3) is 0.538. The van der Waals surface area contributed by atoms with Crippen molar-refractivity contribution < 1.29 is 19.1 Å². The highest BCUT2D eigenvalue weighted by atomic mass is 16.5. The molecular weight excluding hydrogens is 432 g/mol. The molecule has 8 nitrogen and oxygen atoms in total. The van der Waals surface area contributed by atoms with Gasteiger partial charge in [-0.2, -0.15) is 5.26 Å². The molecule has 2 aliphatic rings. The Labute approximate surface area is 199 Å². The van der Waals surface area contributed by atoms with Crippen LogP contribution in [0.5, 0.6) is 5.75 Å². The van der Waals surface area contributed by atoms with Crippen LogP contribution in [0.4, 0.5) is 0 Å². The number of ether oxygens (including phenoxy) is 1. The number of hydrogen-bond acceptors (Lipinski definition) is 5. The van der Waals surface area contributed by atoms with E-state index < -0.39 is 12.0 Å². The Balaban J connectivity index is 1.44. The SMILES string of the molecule is CCCOc1cccc2[nH]c(C(=O)CC(CC3CC3)C(=O)NC(C#N)CC3CCNC3=O)cc12. The molecule has 1 aromatic heterocycles. The van der Waals surface area contributed by atoms with Gasteiger partial charge in [0.25, 0.3) is 0 Å². The molecule has 34 heavy (non-hydrogen) atoms. The monoisotopic (exact) mass is 464 g/mol. The van der Waals surface area contributed by atoms with Crippen LogP contribution >= 0.6 is 0 Å². The van der Waals surface area contributed by atoms with Gasteiger partial charge in [-0.3, -0.25) is 14.4 Å². The maximum atomic E-state index is 13.2. The maximum Gasteiger partial charge on any atom is 0.224 e. The minimum atomic E-state index is -0.746. The molecular formula is C26H32N4O4. The average Bonchev–Trinajstić information content (AvgIpc) is 3.39. The zero-order valence-corrected chi connectivity index (χ0v) is 19.6. The molecule has 2 amide bonds. The van der Waals surface area contributed by atoms with Gasteiger partial charge in [-0.1, -0.05) is 25.8 Å². The molecule has 0 bridgehead atoms. The second kappa shape index (κ2) is 10.7. The summed E-state index contributed by atoms with van der Waals surface area (Å²) in [5.74, 6) is -0.0775. The molecule has 1 saturated carbocycles. The largest absolute Gasteiger partial charge is 0.493 e. The molecule has 1 aliphatic carbocycles. The lowest BCUT2D eigenvalue weighted by atomic mass is 9.93. The predicted octanol–water partition coefficient (Wildman–Crippen LogP) is 3.48. The van der Waals surface area contributed by atoms with E-state index in [1.54, 1.807) is 6.07 Å². The Kier molecular flexibility index (Phi) is 7.51. The Hall–Kier alpha value is -3.34. The van der Waals surface area contributed by atoms with Crippen molar-refractivity contribution >= 4 is 28.5 Å². The quantitative estimate of drug-likeness (QED) is 0.415. The first-order valence-electron chi connectivity index (χ1n) is 12.2. The summed E-state index contributed by atoms with van der Waals surface area (Å²) in [6.45, 7) is 3.24. The molecule has 180 valence electrons. The smallest absolute Gasteiger partial charge is 0.224 e. The van der Waals surface area contributed by atoms with Crippen molar-refractivity contribution in [3.63, 3.8) is 0 Å².